The molecule has 1 nitrogen and oxygen atoms in total. The molecule has 0 amide bonds. The van der Waals surface area contributed by atoms with Gasteiger partial charge in [-0.3, -0.25) is 0 Å². The van der Waals surface area contributed by atoms with E-state index in [1.54, 1.807) is 11.3 Å². The van der Waals surface area contributed by atoms with Crippen LogP contribution in [0, 0.1) is 6.92 Å². The Morgan fingerprint density at radius 3 is 2.93 bits per heavy atom. The second-order valence-corrected chi connectivity index (χ2v) is 6.83. The maximum Gasteiger partial charge on any atom is 0.0788 e. The molecular weight excluding hydrogens is 212 g/mol. The van der Waals surface area contributed by atoms with Gasteiger partial charge in [0.25, 0.3) is 0 Å². The van der Waals surface area contributed by atoms with Crippen molar-refractivity contribution in [3.63, 3.8) is 0 Å². The van der Waals surface area contributed by atoms with Crippen LogP contribution in [0.15, 0.2) is 11.4 Å². The van der Waals surface area contributed by atoms with Crippen molar-refractivity contribution in [2.75, 3.05) is 5.75 Å². The van der Waals surface area contributed by atoms with Crippen LogP contribution in [0.1, 0.15) is 23.8 Å². The fourth-order valence-corrected chi connectivity index (χ4v) is 3.99. The first-order valence-electron chi connectivity index (χ1n) is 4.95. The molecule has 1 fully saturated rings. The Bertz CT molecular complexity index is 321. The van der Waals surface area contributed by atoms with E-state index < -0.39 is 5.60 Å². The van der Waals surface area contributed by atoms with Crippen molar-refractivity contribution in [3.05, 3.63) is 21.9 Å². The molecule has 2 atom stereocenters. The lowest BCUT2D eigenvalue weighted by Gasteiger charge is -2.20. The van der Waals surface area contributed by atoms with Gasteiger partial charge in [-0.2, -0.15) is 11.8 Å². The van der Waals surface area contributed by atoms with E-state index in [0.717, 1.165) is 18.6 Å². The third kappa shape index (κ3) is 2.33. The topological polar surface area (TPSA) is 20.2 Å². The zero-order chi connectivity index (χ0) is 10.2. The van der Waals surface area contributed by atoms with Gasteiger partial charge in [0.1, 0.15) is 0 Å². The predicted octanol–water partition coefficient (Wildman–Crippen LogP) is 2.86. The standard InChI is InChI=1S/C11H16OS2/c1-8-3-10(6-13-8)5-11(12)4-9(2)14-7-11/h3,6,9,12H,4-5,7H2,1-2H3. The van der Waals surface area contributed by atoms with Crippen LogP contribution in [0.4, 0.5) is 0 Å². The normalized spacial score (nSPS) is 32.4. The molecule has 1 aromatic rings. The summed E-state index contributed by atoms with van der Waals surface area (Å²) in [7, 11) is 0. The summed E-state index contributed by atoms with van der Waals surface area (Å²) < 4.78 is 0. The highest BCUT2D eigenvalue weighted by Gasteiger charge is 2.35. The van der Waals surface area contributed by atoms with Gasteiger partial charge in [-0.15, -0.1) is 11.3 Å². The second kappa shape index (κ2) is 3.87. The smallest absolute Gasteiger partial charge is 0.0788 e. The Morgan fingerprint density at radius 1 is 1.64 bits per heavy atom. The van der Waals surface area contributed by atoms with Crippen LogP contribution in [-0.2, 0) is 6.42 Å². The second-order valence-electron chi connectivity index (χ2n) is 4.29. The third-order valence-electron chi connectivity index (χ3n) is 2.62. The van der Waals surface area contributed by atoms with E-state index in [9.17, 15) is 5.11 Å². The molecule has 0 bridgehead atoms. The van der Waals surface area contributed by atoms with Crippen molar-refractivity contribution in [2.45, 2.75) is 37.5 Å². The molecule has 1 aliphatic rings. The Morgan fingerprint density at radius 2 is 2.43 bits per heavy atom. The minimum atomic E-state index is -0.447. The van der Waals surface area contributed by atoms with Crippen molar-refractivity contribution in [2.24, 2.45) is 0 Å². The van der Waals surface area contributed by atoms with Gasteiger partial charge in [0.15, 0.2) is 0 Å². The van der Waals surface area contributed by atoms with Gasteiger partial charge in [-0.05, 0) is 30.4 Å². The van der Waals surface area contributed by atoms with Crippen LogP contribution in [0.3, 0.4) is 0 Å². The van der Waals surface area contributed by atoms with Crippen LogP contribution in [-0.4, -0.2) is 21.7 Å². The Balaban J connectivity index is 2.03. The fourth-order valence-electron chi connectivity index (χ4n) is 2.04. The summed E-state index contributed by atoms with van der Waals surface area (Å²) in [4.78, 5) is 1.34. The molecule has 2 unspecified atom stereocenters. The maximum atomic E-state index is 10.3. The molecule has 2 rings (SSSR count). The number of thiophene rings is 1. The molecule has 3 heteroatoms. The van der Waals surface area contributed by atoms with E-state index in [0.29, 0.717) is 5.25 Å². The highest BCUT2D eigenvalue weighted by atomic mass is 32.2. The average molecular weight is 228 g/mol. The lowest BCUT2D eigenvalue weighted by atomic mass is 9.93. The molecule has 1 N–H and O–H groups in total. The highest BCUT2D eigenvalue weighted by Crippen LogP contribution is 2.36. The van der Waals surface area contributed by atoms with E-state index in [1.807, 2.05) is 11.8 Å². The third-order valence-corrected chi connectivity index (χ3v) is 4.97. The number of thioether (sulfide) groups is 1. The molecule has 78 valence electrons. The van der Waals surface area contributed by atoms with Crippen molar-refractivity contribution in [3.8, 4) is 0 Å². The predicted molar refractivity (Wildman–Crippen MR) is 64.2 cm³/mol. The van der Waals surface area contributed by atoms with Crippen molar-refractivity contribution in [1.29, 1.82) is 0 Å². The van der Waals surface area contributed by atoms with Crippen LogP contribution in [0.25, 0.3) is 0 Å². The number of hydrogen-bond donors (Lipinski definition) is 1. The van der Waals surface area contributed by atoms with Crippen molar-refractivity contribution < 1.29 is 5.11 Å². The zero-order valence-corrected chi connectivity index (χ0v) is 10.3. The largest absolute Gasteiger partial charge is 0.389 e. The molecule has 2 heterocycles. The molecule has 1 aromatic heterocycles. The molecule has 1 saturated heterocycles. The van der Waals surface area contributed by atoms with Gasteiger partial charge in [0.05, 0.1) is 5.60 Å². The van der Waals surface area contributed by atoms with Crippen molar-refractivity contribution in [1.82, 2.24) is 0 Å². The quantitative estimate of drug-likeness (QED) is 0.840. The molecule has 0 spiro atoms. The van der Waals surface area contributed by atoms with Gasteiger partial charge in [0.2, 0.25) is 0 Å². The van der Waals surface area contributed by atoms with Crippen LogP contribution < -0.4 is 0 Å². The van der Waals surface area contributed by atoms with Crippen LogP contribution >= 0.6 is 23.1 Å². The van der Waals surface area contributed by atoms with E-state index in [2.05, 4.69) is 25.3 Å². The SMILES string of the molecule is Cc1cc(CC2(O)CSC(C)C2)cs1. The summed E-state index contributed by atoms with van der Waals surface area (Å²) in [5, 5.41) is 13.1. The van der Waals surface area contributed by atoms with Gasteiger partial charge in [0, 0.05) is 22.3 Å². The lowest BCUT2D eigenvalue weighted by molar-refractivity contribution is 0.0643. The fraction of sp³-hybridized carbons (Fsp3) is 0.636. The summed E-state index contributed by atoms with van der Waals surface area (Å²) in [6.45, 7) is 4.31. The molecule has 0 radical (unpaired) electrons. The first-order chi connectivity index (χ1) is 6.57. The first-order valence-corrected chi connectivity index (χ1v) is 6.88. The molecule has 0 aliphatic carbocycles. The van der Waals surface area contributed by atoms with Gasteiger partial charge in [-0.25, -0.2) is 0 Å². The summed E-state index contributed by atoms with van der Waals surface area (Å²) >= 11 is 3.65. The number of aliphatic hydroxyl groups is 1. The molecule has 1 aliphatic heterocycles. The molecule has 0 aromatic carbocycles. The van der Waals surface area contributed by atoms with Crippen LogP contribution in [0.5, 0.6) is 0 Å². The van der Waals surface area contributed by atoms with E-state index >= 15 is 0 Å². The highest BCUT2D eigenvalue weighted by molar-refractivity contribution is 8.00. The number of hydrogen-bond acceptors (Lipinski definition) is 3. The van der Waals surface area contributed by atoms with Gasteiger partial charge in [-0.1, -0.05) is 6.92 Å². The summed E-state index contributed by atoms with van der Waals surface area (Å²) in [6, 6.07) is 2.19. The van der Waals surface area contributed by atoms with E-state index in [1.165, 1.54) is 10.4 Å². The van der Waals surface area contributed by atoms with Gasteiger partial charge < -0.3 is 5.11 Å². The Kier molecular flexibility index (Phi) is 2.91. The molecule has 14 heavy (non-hydrogen) atoms. The lowest BCUT2D eigenvalue weighted by Crippen LogP contribution is -2.31. The minimum absolute atomic E-state index is 0.447. The van der Waals surface area contributed by atoms with Crippen LogP contribution in [0.2, 0.25) is 0 Å². The average Bonchev–Trinajstić information content (AvgIpc) is 2.60. The first kappa shape index (κ1) is 10.5. The Labute approximate surface area is 93.5 Å². The zero-order valence-electron chi connectivity index (χ0n) is 8.62. The molecule has 0 saturated carbocycles. The van der Waals surface area contributed by atoms with Gasteiger partial charge >= 0.3 is 0 Å². The maximum absolute atomic E-state index is 10.3. The molecular formula is C11H16OS2. The number of rotatable bonds is 2. The summed E-state index contributed by atoms with van der Waals surface area (Å²) in [5.74, 6) is 0.892. The summed E-state index contributed by atoms with van der Waals surface area (Å²) in [6.07, 6.45) is 1.77. The Hall–Kier alpha value is 0.01000. The summed E-state index contributed by atoms with van der Waals surface area (Å²) in [5.41, 5.74) is 0.849. The number of aryl methyl sites for hydroxylation is 1. The van der Waals surface area contributed by atoms with E-state index in [4.69, 9.17) is 0 Å². The minimum Gasteiger partial charge on any atom is -0.389 e. The van der Waals surface area contributed by atoms with E-state index in [-0.39, 0.29) is 0 Å². The monoisotopic (exact) mass is 228 g/mol. The van der Waals surface area contributed by atoms with Crippen molar-refractivity contribution >= 4 is 23.1 Å².